The Balaban J connectivity index is 1.10. The summed E-state index contributed by atoms with van der Waals surface area (Å²) < 4.78 is 0. The first-order chi connectivity index (χ1) is 24.2. The van der Waals surface area contributed by atoms with Gasteiger partial charge in [0.05, 0.1) is 0 Å². The Kier molecular flexibility index (Phi) is 8.32. The topological polar surface area (TPSA) is 3.24 Å². The van der Waals surface area contributed by atoms with Gasteiger partial charge in [0.15, 0.2) is 0 Å². The summed E-state index contributed by atoms with van der Waals surface area (Å²) in [6.45, 7) is 2.14. The van der Waals surface area contributed by atoms with Crippen LogP contribution in [0.1, 0.15) is 18.1 Å². The maximum atomic E-state index is 2.36. The highest BCUT2D eigenvalue weighted by atomic mass is 15.1. The summed E-state index contributed by atoms with van der Waals surface area (Å²) in [4.78, 5) is 2.36. The summed E-state index contributed by atoms with van der Waals surface area (Å²) in [5, 5.41) is 5.08. The standard InChI is InChI=1S/C48H37N/c1-2-35(32-44-19-10-17-41-15-8-9-21-48(41)44)38-22-24-39(25-23-38)40-26-29-45(30-27-40)49(47-31-28-37-14-6-7-16-42(37)34-47)46-20-11-18-43(33-46)36-12-4-3-5-13-36/h2-31,33-34H,32H2,1H3/b35-2-. The van der Waals surface area contributed by atoms with Gasteiger partial charge >= 0.3 is 0 Å². The summed E-state index contributed by atoms with van der Waals surface area (Å²) >= 11 is 0. The van der Waals surface area contributed by atoms with Gasteiger partial charge in [-0.1, -0.05) is 158 Å². The predicted octanol–water partition coefficient (Wildman–Crippen LogP) is 13.4. The monoisotopic (exact) mass is 627 g/mol. The Morgan fingerprint density at radius 3 is 1.78 bits per heavy atom. The van der Waals surface area contributed by atoms with Crippen LogP contribution in [0.5, 0.6) is 0 Å². The van der Waals surface area contributed by atoms with E-state index >= 15 is 0 Å². The van der Waals surface area contributed by atoms with E-state index in [0.717, 1.165) is 23.5 Å². The predicted molar refractivity (Wildman–Crippen MR) is 211 cm³/mol. The summed E-state index contributed by atoms with van der Waals surface area (Å²) in [6, 6.07) is 68.0. The molecule has 49 heavy (non-hydrogen) atoms. The zero-order chi connectivity index (χ0) is 33.0. The molecule has 0 N–H and O–H groups in total. The molecule has 0 unspecified atom stereocenters. The average molecular weight is 628 g/mol. The van der Waals surface area contributed by atoms with Crippen molar-refractivity contribution >= 4 is 44.2 Å². The van der Waals surface area contributed by atoms with Gasteiger partial charge in [0.1, 0.15) is 0 Å². The summed E-state index contributed by atoms with van der Waals surface area (Å²) in [5.41, 5.74) is 12.1. The first-order valence-corrected chi connectivity index (χ1v) is 17.0. The van der Waals surface area contributed by atoms with E-state index in [4.69, 9.17) is 0 Å². The van der Waals surface area contributed by atoms with Crippen LogP contribution >= 0.6 is 0 Å². The molecule has 0 amide bonds. The molecule has 8 aromatic rings. The lowest BCUT2D eigenvalue weighted by atomic mass is 9.93. The number of anilines is 3. The largest absolute Gasteiger partial charge is 0.310 e. The maximum Gasteiger partial charge on any atom is 0.0468 e. The number of hydrogen-bond acceptors (Lipinski definition) is 1. The third kappa shape index (κ3) is 6.27. The van der Waals surface area contributed by atoms with Crippen molar-refractivity contribution in [1.82, 2.24) is 0 Å². The minimum absolute atomic E-state index is 0.905. The molecule has 0 aliphatic heterocycles. The lowest BCUT2D eigenvalue weighted by molar-refractivity contribution is 1.29. The van der Waals surface area contributed by atoms with Crippen molar-refractivity contribution in [2.75, 3.05) is 4.90 Å². The van der Waals surface area contributed by atoms with Gasteiger partial charge in [0.2, 0.25) is 0 Å². The van der Waals surface area contributed by atoms with E-state index in [0.29, 0.717) is 0 Å². The van der Waals surface area contributed by atoms with Gasteiger partial charge in [-0.05, 0) is 110 Å². The van der Waals surface area contributed by atoms with Crippen LogP contribution in [0.15, 0.2) is 194 Å². The second-order valence-electron chi connectivity index (χ2n) is 12.5. The zero-order valence-electron chi connectivity index (χ0n) is 27.6. The molecular formula is C48H37N. The van der Waals surface area contributed by atoms with E-state index in [-0.39, 0.29) is 0 Å². The second-order valence-corrected chi connectivity index (χ2v) is 12.5. The molecule has 0 fully saturated rings. The van der Waals surface area contributed by atoms with Gasteiger partial charge in [-0.15, -0.1) is 0 Å². The van der Waals surface area contributed by atoms with Crippen molar-refractivity contribution in [3.05, 3.63) is 205 Å². The molecule has 0 spiro atoms. The Hall–Kier alpha value is -6.18. The minimum atomic E-state index is 0.905. The molecule has 234 valence electrons. The van der Waals surface area contributed by atoms with Crippen molar-refractivity contribution in [2.45, 2.75) is 13.3 Å². The normalized spacial score (nSPS) is 11.6. The third-order valence-corrected chi connectivity index (χ3v) is 9.53. The molecule has 0 aromatic heterocycles. The Labute approximate surface area is 289 Å². The SMILES string of the molecule is C/C=C(/Cc1cccc2ccccc12)c1ccc(-c2ccc(N(c3cccc(-c4ccccc4)c3)c3ccc4ccccc4c3)cc2)cc1. The molecular weight excluding hydrogens is 591 g/mol. The van der Waals surface area contributed by atoms with Crippen LogP contribution in [-0.2, 0) is 6.42 Å². The highest BCUT2D eigenvalue weighted by Crippen LogP contribution is 2.39. The number of allylic oxidation sites excluding steroid dienone is 2. The zero-order valence-corrected chi connectivity index (χ0v) is 27.6. The number of hydrogen-bond donors (Lipinski definition) is 0. The van der Waals surface area contributed by atoms with Crippen LogP contribution in [-0.4, -0.2) is 0 Å². The van der Waals surface area contributed by atoms with E-state index in [1.807, 2.05) is 0 Å². The van der Waals surface area contributed by atoms with E-state index in [9.17, 15) is 0 Å². The Morgan fingerprint density at radius 1 is 0.429 bits per heavy atom. The van der Waals surface area contributed by atoms with Crippen molar-refractivity contribution in [2.24, 2.45) is 0 Å². The fraction of sp³-hybridized carbons (Fsp3) is 0.0417. The minimum Gasteiger partial charge on any atom is -0.310 e. The Bertz CT molecular complexity index is 2400. The van der Waals surface area contributed by atoms with Gasteiger partial charge < -0.3 is 4.90 Å². The highest BCUT2D eigenvalue weighted by molar-refractivity contribution is 5.90. The molecule has 0 bridgehead atoms. The van der Waals surface area contributed by atoms with E-state index in [1.165, 1.54) is 60.5 Å². The fourth-order valence-electron chi connectivity index (χ4n) is 6.92. The molecule has 0 saturated carbocycles. The molecule has 8 aromatic carbocycles. The van der Waals surface area contributed by atoms with Crippen molar-refractivity contribution in [3.8, 4) is 22.3 Å². The number of fused-ring (bicyclic) bond motifs is 2. The van der Waals surface area contributed by atoms with Crippen LogP contribution < -0.4 is 4.90 Å². The average Bonchev–Trinajstić information content (AvgIpc) is 3.18. The second kappa shape index (κ2) is 13.5. The van der Waals surface area contributed by atoms with Crippen LogP contribution in [0.25, 0.3) is 49.4 Å². The molecule has 1 nitrogen and oxygen atoms in total. The maximum absolute atomic E-state index is 2.36. The molecule has 0 aliphatic carbocycles. The van der Waals surface area contributed by atoms with Gasteiger partial charge in [-0.2, -0.15) is 0 Å². The van der Waals surface area contributed by atoms with Gasteiger partial charge in [0, 0.05) is 17.1 Å². The molecule has 0 heterocycles. The highest BCUT2D eigenvalue weighted by Gasteiger charge is 2.15. The van der Waals surface area contributed by atoms with Crippen molar-refractivity contribution < 1.29 is 0 Å². The summed E-state index contributed by atoms with van der Waals surface area (Å²) in [6.07, 6.45) is 3.15. The molecule has 8 rings (SSSR count). The van der Waals surface area contributed by atoms with Crippen LogP contribution in [0.2, 0.25) is 0 Å². The lowest BCUT2D eigenvalue weighted by Gasteiger charge is -2.26. The lowest BCUT2D eigenvalue weighted by Crippen LogP contribution is -2.10. The van der Waals surface area contributed by atoms with Gasteiger partial charge in [-0.25, -0.2) is 0 Å². The van der Waals surface area contributed by atoms with Crippen LogP contribution in [0.4, 0.5) is 17.1 Å². The smallest absolute Gasteiger partial charge is 0.0468 e. The van der Waals surface area contributed by atoms with E-state index in [2.05, 4.69) is 206 Å². The quantitative estimate of drug-likeness (QED) is 0.162. The van der Waals surface area contributed by atoms with Crippen LogP contribution in [0.3, 0.4) is 0 Å². The summed E-state index contributed by atoms with van der Waals surface area (Å²) in [7, 11) is 0. The third-order valence-electron chi connectivity index (χ3n) is 9.53. The number of benzene rings is 8. The number of rotatable bonds is 8. The molecule has 0 saturated heterocycles. The molecule has 0 atom stereocenters. The first-order valence-electron chi connectivity index (χ1n) is 17.0. The molecule has 0 radical (unpaired) electrons. The van der Waals surface area contributed by atoms with Crippen molar-refractivity contribution in [3.63, 3.8) is 0 Å². The molecule has 1 heteroatoms. The fourth-order valence-corrected chi connectivity index (χ4v) is 6.92. The first kappa shape index (κ1) is 30.2. The van der Waals surface area contributed by atoms with Gasteiger partial charge in [-0.3, -0.25) is 0 Å². The van der Waals surface area contributed by atoms with Crippen molar-refractivity contribution in [1.29, 1.82) is 0 Å². The molecule has 0 aliphatic rings. The summed E-state index contributed by atoms with van der Waals surface area (Å²) in [5.74, 6) is 0. The number of nitrogens with zero attached hydrogens (tertiary/aromatic N) is 1. The van der Waals surface area contributed by atoms with E-state index in [1.54, 1.807) is 0 Å². The van der Waals surface area contributed by atoms with Gasteiger partial charge in [0.25, 0.3) is 0 Å². The van der Waals surface area contributed by atoms with Crippen LogP contribution in [0, 0.1) is 0 Å². The Morgan fingerprint density at radius 2 is 1.00 bits per heavy atom. The van der Waals surface area contributed by atoms with E-state index < -0.39 is 0 Å².